The molecule has 0 unspecified atom stereocenters. The zero-order chi connectivity index (χ0) is 20.0. The van der Waals surface area contributed by atoms with Gasteiger partial charge in [-0.1, -0.05) is 30.3 Å². The minimum atomic E-state index is -0.0202. The van der Waals surface area contributed by atoms with Crippen molar-refractivity contribution in [2.45, 2.75) is 24.8 Å². The Kier molecular flexibility index (Phi) is 4.36. The second-order valence-corrected chi connectivity index (χ2v) is 8.48. The van der Waals surface area contributed by atoms with E-state index in [0.717, 1.165) is 48.9 Å². The molecule has 1 spiro atoms. The standard InChI is InChI=1S/C24H27N3O2/c1-26-16-24(19-7-3-4-8-20(19)26)10-12-27(13-11-24)15-18-14-17-6-5-9-21(29-2)22(17)25-23(18)28/h3-9,14H,10-13,15-16H2,1-2H3,(H,25,28). The van der Waals surface area contributed by atoms with Gasteiger partial charge in [0.05, 0.1) is 12.6 Å². The second kappa shape index (κ2) is 6.92. The van der Waals surface area contributed by atoms with Crippen LogP contribution in [0.3, 0.4) is 0 Å². The van der Waals surface area contributed by atoms with Crippen molar-refractivity contribution in [1.29, 1.82) is 0 Å². The van der Waals surface area contributed by atoms with Gasteiger partial charge >= 0.3 is 0 Å². The highest BCUT2D eigenvalue weighted by molar-refractivity contribution is 5.84. The third kappa shape index (κ3) is 3.01. The molecule has 3 heterocycles. The van der Waals surface area contributed by atoms with Gasteiger partial charge in [-0.2, -0.15) is 0 Å². The number of hydrogen-bond donors (Lipinski definition) is 1. The van der Waals surface area contributed by atoms with Crippen molar-refractivity contribution >= 4 is 16.6 Å². The molecular weight excluding hydrogens is 362 g/mol. The summed E-state index contributed by atoms with van der Waals surface area (Å²) in [5, 5.41) is 1.01. The minimum absolute atomic E-state index is 0.0202. The van der Waals surface area contributed by atoms with Crippen molar-refractivity contribution in [3.63, 3.8) is 0 Å². The van der Waals surface area contributed by atoms with Gasteiger partial charge in [0.2, 0.25) is 0 Å². The number of pyridine rings is 1. The molecule has 2 aliphatic heterocycles. The number of ether oxygens (including phenoxy) is 1. The highest BCUT2D eigenvalue weighted by Gasteiger charge is 2.43. The van der Waals surface area contributed by atoms with E-state index in [-0.39, 0.29) is 11.0 Å². The molecule has 0 atom stereocenters. The number of aromatic nitrogens is 1. The average molecular weight is 389 g/mol. The Hall–Kier alpha value is -2.79. The van der Waals surface area contributed by atoms with Gasteiger partial charge in [0.25, 0.3) is 5.56 Å². The fourth-order valence-corrected chi connectivity index (χ4v) is 5.22. The molecule has 5 rings (SSSR count). The van der Waals surface area contributed by atoms with Gasteiger partial charge in [-0.25, -0.2) is 0 Å². The van der Waals surface area contributed by atoms with Crippen LogP contribution in [0.15, 0.2) is 53.3 Å². The summed E-state index contributed by atoms with van der Waals surface area (Å²) >= 11 is 0. The number of anilines is 1. The Morgan fingerprint density at radius 3 is 2.69 bits per heavy atom. The Morgan fingerprint density at radius 1 is 1.10 bits per heavy atom. The molecule has 0 saturated carbocycles. The summed E-state index contributed by atoms with van der Waals surface area (Å²) in [4.78, 5) is 20.5. The predicted octanol–water partition coefficient (Wildman–Crippen LogP) is 3.52. The predicted molar refractivity (Wildman–Crippen MR) is 117 cm³/mol. The first-order chi connectivity index (χ1) is 14.1. The van der Waals surface area contributed by atoms with E-state index in [1.165, 1.54) is 11.3 Å². The molecular formula is C24H27N3O2. The average Bonchev–Trinajstić information content (AvgIpc) is 3.02. The molecule has 2 aliphatic rings. The van der Waals surface area contributed by atoms with Gasteiger partial charge < -0.3 is 14.6 Å². The SMILES string of the molecule is COc1cccc2cc(CN3CCC4(CC3)CN(C)c3ccccc34)c(=O)[nH]c12. The molecule has 0 bridgehead atoms. The van der Waals surface area contributed by atoms with Crippen LogP contribution in [0, 0.1) is 0 Å². The van der Waals surface area contributed by atoms with Crippen LogP contribution in [0.25, 0.3) is 10.9 Å². The van der Waals surface area contributed by atoms with E-state index in [0.29, 0.717) is 12.3 Å². The third-order valence-electron chi connectivity index (χ3n) is 6.77. The molecule has 0 amide bonds. The van der Waals surface area contributed by atoms with Crippen LogP contribution >= 0.6 is 0 Å². The maximum absolute atomic E-state index is 12.7. The number of fused-ring (bicyclic) bond motifs is 3. The van der Waals surface area contributed by atoms with Gasteiger partial charge in [0.1, 0.15) is 5.75 Å². The second-order valence-electron chi connectivity index (χ2n) is 8.48. The largest absolute Gasteiger partial charge is 0.495 e. The first kappa shape index (κ1) is 18.3. The minimum Gasteiger partial charge on any atom is -0.495 e. The summed E-state index contributed by atoms with van der Waals surface area (Å²) in [6, 6.07) is 16.7. The first-order valence-electron chi connectivity index (χ1n) is 10.3. The molecule has 0 aliphatic carbocycles. The zero-order valence-electron chi connectivity index (χ0n) is 17.1. The van der Waals surface area contributed by atoms with Gasteiger partial charge in [-0.15, -0.1) is 0 Å². The molecule has 1 saturated heterocycles. The van der Waals surface area contributed by atoms with Crippen molar-refractivity contribution in [2.24, 2.45) is 0 Å². The Balaban J connectivity index is 1.35. The summed E-state index contributed by atoms with van der Waals surface area (Å²) in [6.07, 6.45) is 2.27. The highest BCUT2D eigenvalue weighted by atomic mass is 16.5. The van der Waals surface area contributed by atoms with Gasteiger partial charge in [0.15, 0.2) is 0 Å². The van der Waals surface area contributed by atoms with Crippen molar-refractivity contribution < 1.29 is 4.74 Å². The molecule has 1 aromatic heterocycles. The Labute approximate surface area is 170 Å². The molecule has 5 heteroatoms. The highest BCUT2D eigenvalue weighted by Crippen LogP contribution is 2.46. The number of likely N-dealkylation sites (N-methyl/N-ethyl adjacent to an activating group) is 1. The topological polar surface area (TPSA) is 48.6 Å². The van der Waals surface area contributed by atoms with Crippen LogP contribution in [0.4, 0.5) is 5.69 Å². The smallest absolute Gasteiger partial charge is 0.253 e. The Morgan fingerprint density at radius 2 is 1.90 bits per heavy atom. The lowest BCUT2D eigenvalue weighted by atomic mass is 9.74. The molecule has 5 nitrogen and oxygen atoms in total. The van der Waals surface area contributed by atoms with E-state index in [9.17, 15) is 4.79 Å². The van der Waals surface area contributed by atoms with Crippen molar-refractivity contribution in [2.75, 3.05) is 38.7 Å². The maximum atomic E-state index is 12.7. The fourth-order valence-electron chi connectivity index (χ4n) is 5.22. The van der Waals surface area contributed by atoms with Crippen LogP contribution in [0.2, 0.25) is 0 Å². The fraction of sp³-hybridized carbons (Fsp3) is 0.375. The lowest BCUT2D eigenvalue weighted by Gasteiger charge is -2.39. The molecule has 1 fully saturated rings. The van der Waals surface area contributed by atoms with Crippen molar-refractivity contribution in [3.8, 4) is 5.75 Å². The normalized spacial score (nSPS) is 18.3. The zero-order valence-corrected chi connectivity index (χ0v) is 17.1. The third-order valence-corrected chi connectivity index (χ3v) is 6.77. The summed E-state index contributed by atoms with van der Waals surface area (Å²) in [5.74, 6) is 0.704. The maximum Gasteiger partial charge on any atom is 0.253 e. The quantitative estimate of drug-likeness (QED) is 0.745. The number of para-hydroxylation sites is 2. The van der Waals surface area contributed by atoms with E-state index in [1.54, 1.807) is 7.11 Å². The lowest BCUT2D eigenvalue weighted by molar-refractivity contribution is 0.160. The van der Waals surface area contributed by atoms with E-state index in [1.807, 2.05) is 24.3 Å². The van der Waals surface area contributed by atoms with Crippen LogP contribution in [0.5, 0.6) is 5.75 Å². The van der Waals surface area contributed by atoms with Crippen molar-refractivity contribution in [3.05, 3.63) is 70.0 Å². The monoisotopic (exact) mass is 389 g/mol. The molecule has 3 aromatic rings. The van der Waals surface area contributed by atoms with Crippen LogP contribution in [0.1, 0.15) is 24.0 Å². The number of likely N-dealkylation sites (tertiary alicyclic amines) is 1. The van der Waals surface area contributed by atoms with E-state index in [4.69, 9.17) is 4.74 Å². The molecule has 1 N–H and O–H groups in total. The first-order valence-corrected chi connectivity index (χ1v) is 10.3. The Bertz CT molecular complexity index is 1110. The number of aromatic amines is 1. The number of hydrogen-bond acceptors (Lipinski definition) is 4. The summed E-state index contributed by atoms with van der Waals surface area (Å²) in [7, 11) is 3.83. The number of nitrogens with one attached hydrogen (secondary N) is 1. The van der Waals surface area contributed by atoms with Gasteiger partial charge in [-0.05, 0) is 49.7 Å². The van der Waals surface area contributed by atoms with Gasteiger partial charge in [0, 0.05) is 42.2 Å². The van der Waals surface area contributed by atoms with Crippen LogP contribution < -0.4 is 15.2 Å². The molecule has 150 valence electrons. The van der Waals surface area contributed by atoms with Gasteiger partial charge in [-0.3, -0.25) is 9.69 Å². The number of methoxy groups -OCH3 is 1. The number of nitrogens with zero attached hydrogens (tertiary/aromatic N) is 2. The summed E-state index contributed by atoms with van der Waals surface area (Å²) in [6.45, 7) is 3.81. The van der Waals surface area contributed by atoms with Crippen LogP contribution in [-0.4, -0.2) is 43.7 Å². The number of rotatable bonds is 3. The molecule has 29 heavy (non-hydrogen) atoms. The number of benzene rings is 2. The molecule has 0 radical (unpaired) electrons. The van der Waals surface area contributed by atoms with E-state index >= 15 is 0 Å². The molecule has 2 aromatic carbocycles. The van der Waals surface area contributed by atoms with E-state index in [2.05, 4.69) is 46.1 Å². The van der Waals surface area contributed by atoms with Crippen LogP contribution in [-0.2, 0) is 12.0 Å². The number of H-pyrrole nitrogens is 1. The van der Waals surface area contributed by atoms with Crippen molar-refractivity contribution in [1.82, 2.24) is 9.88 Å². The lowest BCUT2D eigenvalue weighted by Crippen LogP contribution is -2.44. The van der Waals surface area contributed by atoms with E-state index < -0.39 is 0 Å². The summed E-state index contributed by atoms with van der Waals surface area (Å²) in [5.41, 5.74) is 4.70. The summed E-state index contributed by atoms with van der Waals surface area (Å²) < 4.78 is 5.38. The number of piperidine rings is 1.